The quantitative estimate of drug-likeness (QED) is 0.902. The number of hydrogen-bond donors (Lipinski definition) is 2. The van der Waals surface area contributed by atoms with Crippen LogP contribution in [-0.2, 0) is 6.42 Å². The number of benzene rings is 1. The fourth-order valence-electron chi connectivity index (χ4n) is 1.61. The lowest BCUT2D eigenvalue weighted by Gasteiger charge is -2.04. The van der Waals surface area contributed by atoms with Gasteiger partial charge in [0.1, 0.15) is 28.3 Å². The van der Waals surface area contributed by atoms with Crippen molar-refractivity contribution in [2.75, 3.05) is 17.6 Å². The molecule has 1 aromatic heterocycles. The zero-order valence-electron chi connectivity index (χ0n) is 9.78. The number of anilines is 2. The SMILES string of the molecule is N#Cc1c(N)nsc1NCCc1cc(F)cc(F)c1. The molecule has 0 unspecified atom stereocenters. The number of nitrogen functional groups attached to an aromatic ring is 1. The van der Waals surface area contributed by atoms with Crippen molar-refractivity contribution in [3.05, 3.63) is 41.0 Å². The third-order valence-corrected chi connectivity index (χ3v) is 3.27. The maximum atomic E-state index is 13.0. The molecule has 0 radical (unpaired) electrons. The average Bonchev–Trinajstić information content (AvgIpc) is 2.69. The van der Waals surface area contributed by atoms with Crippen molar-refractivity contribution in [2.24, 2.45) is 0 Å². The third-order valence-electron chi connectivity index (χ3n) is 2.45. The first-order valence-corrected chi connectivity index (χ1v) is 6.21. The summed E-state index contributed by atoms with van der Waals surface area (Å²) in [5.74, 6) is -1.02. The number of rotatable bonds is 4. The predicted octanol–water partition coefficient (Wildman–Crippen LogP) is 2.53. The monoisotopic (exact) mass is 280 g/mol. The number of halogens is 2. The maximum absolute atomic E-state index is 13.0. The third kappa shape index (κ3) is 3.17. The van der Waals surface area contributed by atoms with Crippen LogP contribution in [0.1, 0.15) is 11.1 Å². The molecule has 0 aliphatic carbocycles. The van der Waals surface area contributed by atoms with E-state index in [1.807, 2.05) is 6.07 Å². The molecule has 2 aromatic rings. The van der Waals surface area contributed by atoms with E-state index in [0.29, 0.717) is 29.1 Å². The van der Waals surface area contributed by atoms with Crippen molar-refractivity contribution in [3.63, 3.8) is 0 Å². The molecule has 98 valence electrons. The molecule has 0 aliphatic rings. The summed E-state index contributed by atoms with van der Waals surface area (Å²) in [5.41, 5.74) is 6.36. The van der Waals surface area contributed by atoms with E-state index in [0.717, 1.165) is 17.6 Å². The Morgan fingerprint density at radius 2 is 2.00 bits per heavy atom. The van der Waals surface area contributed by atoms with Gasteiger partial charge in [0.05, 0.1) is 0 Å². The molecule has 0 saturated carbocycles. The van der Waals surface area contributed by atoms with Gasteiger partial charge in [-0.25, -0.2) is 8.78 Å². The summed E-state index contributed by atoms with van der Waals surface area (Å²) in [6.07, 6.45) is 0.428. The van der Waals surface area contributed by atoms with E-state index in [1.54, 1.807) is 0 Å². The topological polar surface area (TPSA) is 74.7 Å². The molecule has 1 heterocycles. The summed E-state index contributed by atoms with van der Waals surface area (Å²) in [6, 6.07) is 5.33. The molecule has 2 rings (SSSR count). The molecule has 1 aromatic carbocycles. The van der Waals surface area contributed by atoms with Gasteiger partial charge in [-0.3, -0.25) is 0 Å². The minimum absolute atomic E-state index is 0.187. The predicted molar refractivity (Wildman–Crippen MR) is 69.8 cm³/mol. The second-order valence-corrected chi connectivity index (χ2v) is 4.61. The highest BCUT2D eigenvalue weighted by Crippen LogP contribution is 2.25. The molecule has 3 N–H and O–H groups in total. The molecular weight excluding hydrogens is 270 g/mol. The number of nitrogens with zero attached hydrogens (tertiary/aromatic N) is 2. The van der Waals surface area contributed by atoms with Gasteiger partial charge in [-0.1, -0.05) is 0 Å². The number of nitriles is 1. The Kier molecular flexibility index (Phi) is 3.92. The van der Waals surface area contributed by atoms with Crippen molar-refractivity contribution in [1.82, 2.24) is 4.37 Å². The second kappa shape index (κ2) is 5.63. The van der Waals surface area contributed by atoms with Crippen molar-refractivity contribution in [2.45, 2.75) is 6.42 Å². The molecule has 0 spiro atoms. The largest absolute Gasteiger partial charge is 0.382 e. The van der Waals surface area contributed by atoms with E-state index in [2.05, 4.69) is 9.69 Å². The summed E-state index contributed by atoms with van der Waals surface area (Å²) < 4.78 is 29.8. The highest BCUT2D eigenvalue weighted by molar-refractivity contribution is 7.10. The standard InChI is InChI=1S/C12H10F2N4S/c13-8-3-7(4-9(14)5-8)1-2-17-12-10(6-15)11(16)18-19-12/h3-5,17H,1-2H2,(H2,16,18). The normalized spacial score (nSPS) is 10.2. The van der Waals surface area contributed by atoms with Gasteiger partial charge in [0, 0.05) is 12.6 Å². The van der Waals surface area contributed by atoms with Crippen LogP contribution in [0.25, 0.3) is 0 Å². The van der Waals surface area contributed by atoms with Crippen molar-refractivity contribution < 1.29 is 8.78 Å². The fraction of sp³-hybridized carbons (Fsp3) is 0.167. The van der Waals surface area contributed by atoms with Crippen LogP contribution in [0.2, 0.25) is 0 Å². The van der Waals surface area contributed by atoms with Crippen LogP contribution in [0.4, 0.5) is 19.6 Å². The summed E-state index contributed by atoms with van der Waals surface area (Å²) in [7, 11) is 0. The summed E-state index contributed by atoms with van der Waals surface area (Å²) in [6.45, 7) is 0.430. The molecule has 4 nitrogen and oxygen atoms in total. The molecule has 0 amide bonds. The van der Waals surface area contributed by atoms with E-state index in [1.165, 1.54) is 12.1 Å². The average molecular weight is 280 g/mol. The van der Waals surface area contributed by atoms with Crippen LogP contribution in [0.5, 0.6) is 0 Å². The van der Waals surface area contributed by atoms with Crippen LogP contribution in [-0.4, -0.2) is 10.9 Å². The smallest absolute Gasteiger partial charge is 0.157 e. The van der Waals surface area contributed by atoms with Crippen LogP contribution < -0.4 is 11.1 Å². The Bertz CT molecular complexity index is 613. The van der Waals surface area contributed by atoms with Gasteiger partial charge in [0.25, 0.3) is 0 Å². The highest BCUT2D eigenvalue weighted by atomic mass is 32.1. The van der Waals surface area contributed by atoms with Gasteiger partial charge in [-0.15, -0.1) is 0 Å². The first-order valence-electron chi connectivity index (χ1n) is 5.44. The van der Waals surface area contributed by atoms with E-state index in [-0.39, 0.29) is 5.82 Å². The van der Waals surface area contributed by atoms with Gasteiger partial charge in [-0.2, -0.15) is 9.64 Å². The molecule has 7 heteroatoms. The van der Waals surface area contributed by atoms with Gasteiger partial charge in [0.2, 0.25) is 0 Å². The number of nitrogens with two attached hydrogens (primary N) is 1. The van der Waals surface area contributed by atoms with Crippen LogP contribution in [0.15, 0.2) is 18.2 Å². The van der Waals surface area contributed by atoms with Crippen molar-refractivity contribution in [3.8, 4) is 6.07 Å². The van der Waals surface area contributed by atoms with E-state index in [9.17, 15) is 8.78 Å². The first kappa shape index (κ1) is 13.2. The summed E-state index contributed by atoms with van der Waals surface area (Å²) in [5, 5.41) is 12.4. The molecule has 0 fully saturated rings. The van der Waals surface area contributed by atoms with Crippen LogP contribution >= 0.6 is 11.5 Å². The molecule has 0 bridgehead atoms. The summed E-state index contributed by atoms with van der Waals surface area (Å²) >= 11 is 1.09. The van der Waals surface area contributed by atoms with Gasteiger partial charge >= 0.3 is 0 Å². The molecule has 19 heavy (non-hydrogen) atoms. The Labute approximate surface area is 112 Å². The Morgan fingerprint density at radius 1 is 1.32 bits per heavy atom. The summed E-state index contributed by atoms with van der Waals surface area (Å²) in [4.78, 5) is 0. The van der Waals surface area contributed by atoms with E-state index in [4.69, 9.17) is 11.0 Å². The zero-order valence-corrected chi connectivity index (χ0v) is 10.6. The lowest BCUT2D eigenvalue weighted by atomic mass is 10.1. The van der Waals surface area contributed by atoms with E-state index < -0.39 is 11.6 Å². The first-order chi connectivity index (χ1) is 9.10. The zero-order chi connectivity index (χ0) is 13.8. The molecule has 0 saturated heterocycles. The van der Waals surface area contributed by atoms with Gasteiger partial charge < -0.3 is 11.1 Å². The lowest BCUT2D eigenvalue weighted by molar-refractivity contribution is 0.580. The van der Waals surface area contributed by atoms with Crippen LogP contribution in [0, 0.1) is 23.0 Å². The highest BCUT2D eigenvalue weighted by Gasteiger charge is 2.10. The Balaban J connectivity index is 1.98. The Morgan fingerprint density at radius 3 is 2.63 bits per heavy atom. The maximum Gasteiger partial charge on any atom is 0.157 e. The van der Waals surface area contributed by atoms with Crippen molar-refractivity contribution in [1.29, 1.82) is 5.26 Å². The second-order valence-electron chi connectivity index (χ2n) is 3.84. The minimum atomic E-state index is -0.602. The van der Waals surface area contributed by atoms with Crippen LogP contribution in [0.3, 0.4) is 0 Å². The van der Waals surface area contributed by atoms with Crippen molar-refractivity contribution >= 4 is 22.4 Å². The Hall–Kier alpha value is -2.20. The lowest BCUT2D eigenvalue weighted by Crippen LogP contribution is -2.05. The van der Waals surface area contributed by atoms with Gasteiger partial charge in [0.15, 0.2) is 5.82 Å². The molecule has 0 aliphatic heterocycles. The van der Waals surface area contributed by atoms with E-state index >= 15 is 0 Å². The number of hydrogen-bond acceptors (Lipinski definition) is 5. The molecule has 0 atom stereocenters. The number of aromatic nitrogens is 1. The number of nitrogens with one attached hydrogen (secondary N) is 1. The van der Waals surface area contributed by atoms with Gasteiger partial charge in [-0.05, 0) is 35.6 Å². The minimum Gasteiger partial charge on any atom is -0.382 e. The molecular formula is C12H10F2N4S. The fourth-order valence-corrected chi connectivity index (χ4v) is 2.30.